The van der Waals surface area contributed by atoms with E-state index in [9.17, 15) is 4.79 Å². The lowest BCUT2D eigenvalue weighted by Crippen LogP contribution is -2.14. The highest BCUT2D eigenvalue weighted by Crippen LogP contribution is 2.30. The fraction of sp³-hybridized carbons (Fsp3) is 0.350. The molecule has 0 bridgehead atoms. The Hall–Kier alpha value is -2.69. The number of hydrogen-bond donors (Lipinski definition) is 1. The van der Waals surface area contributed by atoms with Gasteiger partial charge >= 0.3 is 6.09 Å². The molecule has 0 atom stereocenters. The molecule has 2 aromatic rings. The molecule has 1 N–H and O–H groups in total. The average molecular weight is 343 g/mol. The number of ether oxygens (including phenoxy) is 3. The molecule has 1 amide bonds. The fourth-order valence-electron chi connectivity index (χ4n) is 2.70. The summed E-state index contributed by atoms with van der Waals surface area (Å²) in [5, 5.41) is 2.69. The predicted octanol–water partition coefficient (Wildman–Crippen LogP) is 4.63. The molecule has 25 heavy (non-hydrogen) atoms. The number of aryl methyl sites for hydroxylation is 3. The normalized spacial score (nSPS) is 10.3. The third-order valence-electron chi connectivity index (χ3n) is 4.14. The maximum Gasteiger partial charge on any atom is 0.411 e. The molecule has 2 rings (SSSR count). The highest BCUT2D eigenvalue weighted by Gasteiger charge is 2.14. The first kappa shape index (κ1) is 18.6. The summed E-state index contributed by atoms with van der Waals surface area (Å²) in [6, 6.07) is 9.74. The van der Waals surface area contributed by atoms with Crippen LogP contribution in [0.1, 0.15) is 29.2 Å². The van der Waals surface area contributed by atoms with Gasteiger partial charge in [0.05, 0.1) is 19.9 Å². The molecule has 5 nitrogen and oxygen atoms in total. The molecule has 134 valence electrons. The third kappa shape index (κ3) is 4.44. The second kappa shape index (κ2) is 8.42. The lowest BCUT2D eigenvalue weighted by Gasteiger charge is -2.16. The number of methoxy groups -OCH3 is 2. The predicted molar refractivity (Wildman–Crippen MR) is 98.6 cm³/mol. The van der Waals surface area contributed by atoms with Crippen LogP contribution in [0.4, 0.5) is 10.5 Å². The highest BCUT2D eigenvalue weighted by atomic mass is 16.5. The largest absolute Gasteiger partial charge is 0.495 e. The second-order valence-corrected chi connectivity index (χ2v) is 5.80. The van der Waals surface area contributed by atoms with E-state index in [4.69, 9.17) is 9.47 Å². The maximum atomic E-state index is 11.6. The molecule has 0 aliphatic rings. The highest BCUT2D eigenvalue weighted by molar-refractivity contribution is 5.88. The van der Waals surface area contributed by atoms with Crippen LogP contribution >= 0.6 is 0 Å². The van der Waals surface area contributed by atoms with Crippen molar-refractivity contribution in [2.75, 3.05) is 19.5 Å². The molecule has 0 saturated carbocycles. The van der Waals surface area contributed by atoms with E-state index in [1.807, 2.05) is 19.1 Å². The molecule has 0 spiro atoms. The molecule has 0 unspecified atom stereocenters. The molecule has 0 aliphatic carbocycles. The first-order chi connectivity index (χ1) is 12.0. The van der Waals surface area contributed by atoms with E-state index in [1.54, 1.807) is 13.2 Å². The van der Waals surface area contributed by atoms with Gasteiger partial charge in [0.25, 0.3) is 0 Å². The van der Waals surface area contributed by atoms with Gasteiger partial charge in [0.2, 0.25) is 0 Å². The van der Waals surface area contributed by atoms with Crippen LogP contribution in [0.5, 0.6) is 11.5 Å². The van der Waals surface area contributed by atoms with Gasteiger partial charge in [-0.25, -0.2) is 4.79 Å². The first-order valence-electron chi connectivity index (χ1n) is 8.23. The van der Waals surface area contributed by atoms with E-state index in [1.165, 1.54) is 18.2 Å². The number of benzene rings is 2. The summed E-state index contributed by atoms with van der Waals surface area (Å²) in [4.78, 5) is 11.6. The summed E-state index contributed by atoms with van der Waals surface area (Å²) in [5.74, 6) is 1.39. The minimum absolute atomic E-state index is 0.308. The zero-order valence-electron chi connectivity index (χ0n) is 15.4. The smallest absolute Gasteiger partial charge is 0.411 e. The maximum absolute atomic E-state index is 11.6. The molecule has 0 aromatic heterocycles. The first-order valence-corrected chi connectivity index (χ1v) is 8.23. The fourth-order valence-corrected chi connectivity index (χ4v) is 2.70. The van der Waals surface area contributed by atoms with Crippen LogP contribution < -0.4 is 14.8 Å². The number of rotatable bonds is 6. The van der Waals surface area contributed by atoms with E-state index < -0.39 is 6.09 Å². The van der Waals surface area contributed by atoms with Crippen LogP contribution in [0.25, 0.3) is 0 Å². The van der Waals surface area contributed by atoms with Gasteiger partial charge in [-0.1, -0.05) is 25.1 Å². The molecular formula is C20H25NO4. The summed E-state index contributed by atoms with van der Waals surface area (Å²) in [7, 11) is 2.88. The van der Waals surface area contributed by atoms with Gasteiger partial charge in [-0.2, -0.15) is 0 Å². The van der Waals surface area contributed by atoms with Crippen LogP contribution in [0, 0.1) is 13.8 Å². The summed E-state index contributed by atoms with van der Waals surface area (Å²) in [6.45, 7) is 6.57. The number of hydrogen-bond acceptors (Lipinski definition) is 4. The van der Waals surface area contributed by atoms with Crippen LogP contribution in [0.3, 0.4) is 0 Å². The van der Waals surface area contributed by atoms with Crippen molar-refractivity contribution in [3.63, 3.8) is 0 Å². The Labute approximate surface area is 148 Å². The van der Waals surface area contributed by atoms with Gasteiger partial charge in [0, 0.05) is 5.56 Å². The van der Waals surface area contributed by atoms with Crippen molar-refractivity contribution in [3.05, 3.63) is 52.6 Å². The Balaban J connectivity index is 2.26. The van der Waals surface area contributed by atoms with Gasteiger partial charge < -0.3 is 14.2 Å². The Morgan fingerprint density at radius 3 is 2.44 bits per heavy atom. The molecule has 0 aliphatic heterocycles. The topological polar surface area (TPSA) is 56.8 Å². The number of para-hydroxylation sites is 1. The van der Waals surface area contributed by atoms with Gasteiger partial charge in [0.15, 0.2) is 0 Å². The van der Waals surface area contributed by atoms with Crippen molar-refractivity contribution in [1.29, 1.82) is 0 Å². The third-order valence-corrected chi connectivity index (χ3v) is 4.14. The van der Waals surface area contributed by atoms with Crippen LogP contribution in [-0.2, 0) is 17.8 Å². The molecule has 2 aromatic carbocycles. The summed E-state index contributed by atoms with van der Waals surface area (Å²) >= 11 is 0. The van der Waals surface area contributed by atoms with E-state index in [2.05, 4.69) is 36.0 Å². The Morgan fingerprint density at radius 2 is 1.80 bits per heavy atom. The van der Waals surface area contributed by atoms with Gasteiger partial charge in [-0.3, -0.25) is 5.32 Å². The Bertz CT molecular complexity index is 756. The standard InChI is InChI=1S/C20H25NO4/c1-6-15-10-14(3)18(11-13(15)2)25-12-16-8-7-9-17(23-4)19(16)21-20(22)24-5/h7-11H,6,12H2,1-5H3,(H,21,22). The van der Waals surface area contributed by atoms with Gasteiger partial charge in [-0.05, 0) is 49.1 Å². The number of carbonyl (C=O) groups is 1. The molecule has 0 fully saturated rings. The van der Waals surface area contributed by atoms with Crippen molar-refractivity contribution < 1.29 is 19.0 Å². The van der Waals surface area contributed by atoms with Crippen molar-refractivity contribution in [2.45, 2.75) is 33.8 Å². The van der Waals surface area contributed by atoms with E-state index >= 15 is 0 Å². The zero-order chi connectivity index (χ0) is 18.4. The Kier molecular flexibility index (Phi) is 6.28. The summed E-state index contributed by atoms with van der Waals surface area (Å²) < 4.78 is 16.0. The van der Waals surface area contributed by atoms with Crippen LogP contribution in [-0.4, -0.2) is 20.3 Å². The Morgan fingerprint density at radius 1 is 1.04 bits per heavy atom. The molecule has 0 radical (unpaired) electrons. The van der Waals surface area contributed by atoms with Gasteiger partial charge in [-0.15, -0.1) is 0 Å². The number of nitrogens with one attached hydrogen (secondary N) is 1. The van der Waals surface area contributed by atoms with Gasteiger partial charge in [0.1, 0.15) is 18.1 Å². The lowest BCUT2D eigenvalue weighted by molar-refractivity contribution is 0.186. The molecule has 0 heterocycles. The molecule has 5 heteroatoms. The monoisotopic (exact) mass is 343 g/mol. The quantitative estimate of drug-likeness (QED) is 0.831. The average Bonchev–Trinajstić information content (AvgIpc) is 2.62. The van der Waals surface area contributed by atoms with Crippen molar-refractivity contribution >= 4 is 11.8 Å². The van der Waals surface area contributed by atoms with Crippen LogP contribution in [0.15, 0.2) is 30.3 Å². The lowest BCUT2D eigenvalue weighted by atomic mass is 10.0. The number of anilines is 1. The van der Waals surface area contributed by atoms with Crippen LogP contribution in [0.2, 0.25) is 0 Å². The number of amides is 1. The van der Waals surface area contributed by atoms with Crippen molar-refractivity contribution in [3.8, 4) is 11.5 Å². The van der Waals surface area contributed by atoms with E-state index in [-0.39, 0.29) is 0 Å². The van der Waals surface area contributed by atoms with E-state index in [0.717, 1.165) is 23.3 Å². The molecular weight excluding hydrogens is 318 g/mol. The zero-order valence-corrected chi connectivity index (χ0v) is 15.4. The van der Waals surface area contributed by atoms with Crippen molar-refractivity contribution in [2.24, 2.45) is 0 Å². The second-order valence-electron chi connectivity index (χ2n) is 5.80. The van der Waals surface area contributed by atoms with Crippen molar-refractivity contribution in [1.82, 2.24) is 0 Å². The number of carbonyl (C=O) groups excluding carboxylic acids is 1. The molecule has 0 saturated heterocycles. The SMILES string of the molecule is CCc1cc(C)c(OCc2cccc(OC)c2NC(=O)OC)cc1C. The summed E-state index contributed by atoms with van der Waals surface area (Å²) in [6.07, 6.45) is 0.445. The van der Waals surface area contributed by atoms with E-state index in [0.29, 0.717) is 18.0 Å². The minimum Gasteiger partial charge on any atom is -0.495 e. The summed E-state index contributed by atoms with van der Waals surface area (Å²) in [5.41, 5.74) is 4.98. The minimum atomic E-state index is -0.551.